The minimum atomic E-state index is 0.251. The third-order valence-corrected chi connectivity index (χ3v) is 5.70. The van der Waals surface area contributed by atoms with Crippen LogP contribution in [0.2, 0.25) is 0 Å². The summed E-state index contributed by atoms with van der Waals surface area (Å²) in [6, 6.07) is 12.2. The number of fused-ring (bicyclic) bond motifs is 1. The molecule has 0 saturated carbocycles. The van der Waals surface area contributed by atoms with E-state index in [0.29, 0.717) is 6.42 Å². The molecule has 1 aromatic heterocycles. The quantitative estimate of drug-likeness (QED) is 0.798. The fraction of sp³-hybridized carbons (Fsp3) is 0.455. The molecule has 0 radical (unpaired) electrons. The van der Waals surface area contributed by atoms with Gasteiger partial charge in [0.2, 0.25) is 5.91 Å². The minimum absolute atomic E-state index is 0.251. The van der Waals surface area contributed by atoms with Crippen LogP contribution in [0.3, 0.4) is 0 Å². The molecule has 28 heavy (non-hydrogen) atoms. The lowest BCUT2D eigenvalue weighted by molar-refractivity contribution is -0.131. The molecule has 0 atom stereocenters. The van der Waals surface area contributed by atoms with Crippen LogP contribution in [0.25, 0.3) is 0 Å². The van der Waals surface area contributed by atoms with Gasteiger partial charge in [-0.05, 0) is 48.7 Å². The van der Waals surface area contributed by atoms with Crippen LogP contribution in [0, 0.1) is 0 Å². The molecule has 148 valence electrons. The molecule has 4 rings (SSSR count). The summed E-state index contributed by atoms with van der Waals surface area (Å²) in [5, 5.41) is 0. The van der Waals surface area contributed by atoms with Gasteiger partial charge in [-0.25, -0.2) is 4.98 Å². The number of carbonyl (C=O) groups excluding carboxylic acids is 1. The first-order valence-electron chi connectivity index (χ1n) is 10.1. The monoisotopic (exact) mass is 380 g/mol. The SMILES string of the molecule is COc1ccc2c(c1)CCCN2CCC(=O)N1CCN(c2ccccn2)CC1. The molecule has 1 aromatic carbocycles. The number of rotatable bonds is 5. The number of anilines is 2. The van der Waals surface area contributed by atoms with E-state index in [9.17, 15) is 4.79 Å². The molecule has 6 nitrogen and oxygen atoms in total. The Morgan fingerprint density at radius 1 is 1.11 bits per heavy atom. The summed E-state index contributed by atoms with van der Waals surface area (Å²) in [7, 11) is 1.70. The second-order valence-electron chi connectivity index (χ2n) is 7.39. The second kappa shape index (κ2) is 8.50. The van der Waals surface area contributed by atoms with E-state index in [1.807, 2.05) is 35.4 Å². The van der Waals surface area contributed by atoms with E-state index in [2.05, 4.69) is 26.9 Å². The van der Waals surface area contributed by atoms with Gasteiger partial charge in [-0.2, -0.15) is 0 Å². The van der Waals surface area contributed by atoms with Crippen molar-refractivity contribution in [3.8, 4) is 5.75 Å². The number of hydrogen-bond donors (Lipinski definition) is 0. The number of nitrogens with zero attached hydrogens (tertiary/aromatic N) is 4. The van der Waals surface area contributed by atoms with Gasteiger partial charge in [0.05, 0.1) is 7.11 Å². The van der Waals surface area contributed by atoms with Gasteiger partial charge in [-0.1, -0.05) is 6.07 Å². The van der Waals surface area contributed by atoms with Crippen LogP contribution in [0.4, 0.5) is 11.5 Å². The van der Waals surface area contributed by atoms with Gasteiger partial charge in [0.15, 0.2) is 0 Å². The van der Waals surface area contributed by atoms with E-state index < -0.39 is 0 Å². The predicted molar refractivity (Wildman–Crippen MR) is 111 cm³/mol. The van der Waals surface area contributed by atoms with Gasteiger partial charge in [0.25, 0.3) is 0 Å². The van der Waals surface area contributed by atoms with Gasteiger partial charge in [0, 0.05) is 57.6 Å². The Balaban J connectivity index is 1.30. The first kappa shape index (κ1) is 18.6. The Hall–Kier alpha value is -2.76. The van der Waals surface area contributed by atoms with Crippen LogP contribution in [0.15, 0.2) is 42.6 Å². The lowest BCUT2D eigenvalue weighted by Gasteiger charge is -2.36. The summed E-state index contributed by atoms with van der Waals surface area (Å²) in [4.78, 5) is 23.7. The number of piperazine rings is 1. The third kappa shape index (κ3) is 4.06. The zero-order chi connectivity index (χ0) is 19.3. The lowest BCUT2D eigenvalue weighted by Crippen LogP contribution is -2.49. The molecule has 1 amide bonds. The number of methoxy groups -OCH3 is 1. The molecular formula is C22H28N4O2. The molecule has 1 saturated heterocycles. The molecule has 0 aliphatic carbocycles. The Labute approximate surface area is 166 Å². The molecule has 0 spiro atoms. The van der Waals surface area contributed by atoms with Crippen molar-refractivity contribution in [1.29, 1.82) is 0 Å². The highest BCUT2D eigenvalue weighted by molar-refractivity contribution is 5.77. The van der Waals surface area contributed by atoms with Crippen LogP contribution in [0.5, 0.6) is 5.75 Å². The standard InChI is InChI=1S/C22H28N4O2/c1-28-19-7-8-20-18(17-19)5-4-11-24(20)12-9-22(27)26-15-13-25(14-16-26)21-6-2-3-10-23-21/h2-3,6-8,10,17H,4-5,9,11-16H2,1H3. The number of hydrogen-bond acceptors (Lipinski definition) is 5. The highest BCUT2D eigenvalue weighted by Crippen LogP contribution is 2.30. The summed E-state index contributed by atoms with van der Waals surface area (Å²) >= 11 is 0. The van der Waals surface area contributed by atoms with Crippen LogP contribution in [0.1, 0.15) is 18.4 Å². The van der Waals surface area contributed by atoms with Gasteiger partial charge < -0.3 is 19.4 Å². The molecule has 6 heteroatoms. The Kier molecular flexibility index (Phi) is 5.65. The number of carbonyl (C=O) groups is 1. The van der Waals surface area contributed by atoms with Crippen molar-refractivity contribution < 1.29 is 9.53 Å². The Bertz CT molecular complexity index is 803. The predicted octanol–water partition coefficient (Wildman–Crippen LogP) is 2.58. The molecule has 2 aliphatic rings. The third-order valence-electron chi connectivity index (χ3n) is 5.70. The molecule has 0 N–H and O–H groups in total. The molecule has 0 unspecified atom stereocenters. The van der Waals surface area contributed by atoms with Crippen molar-refractivity contribution in [2.75, 3.05) is 56.2 Å². The normalized spacial score (nSPS) is 16.7. The van der Waals surface area contributed by atoms with Crippen molar-refractivity contribution in [2.45, 2.75) is 19.3 Å². The molecule has 0 bridgehead atoms. The van der Waals surface area contributed by atoms with E-state index in [-0.39, 0.29) is 5.91 Å². The molecule has 1 fully saturated rings. The fourth-order valence-corrected chi connectivity index (χ4v) is 4.13. The van der Waals surface area contributed by atoms with Crippen LogP contribution >= 0.6 is 0 Å². The number of aromatic nitrogens is 1. The van der Waals surface area contributed by atoms with E-state index in [4.69, 9.17) is 4.74 Å². The van der Waals surface area contributed by atoms with Crippen molar-refractivity contribution >= 4 is 17.4 Å². The zero-order valence-corrected chi connectivity index (χ0v) is 16.5. The number of benzene rings is 1. The fourth-order valence-electron chi connectivity index (χ4n) is 4.13. The van der Waals surface area contributed by atoms with Gasteiger partial charge in [0.1, 0.15) is 11.6 Å². The average molecular weight is 380 g/mol. The summed E-state index contributed by atoms with van der Waals surface area (Å²) in [5.41, 5.74) is 2.57. The van der Waals surface area contributed by atoms with Gasteiger partial charge >= 0.3 is 0 Å². The minimum Gasteiger partial charge on any atom is -0.497 e. The smallest absolute Gasteiger partial charge is 0.224 e. The maximum Gasteiger partial charge on any atom is 0.224 e. The van der Waals surface area contributed by atoms with Gasteiger partial charge in [-0.3, -0.25) is 4.79 Å². The van der Waals surface area contributed by atoms with Crippen LogP contribution in [-0.2, 0) is 11.2 Å². The summed E-state index contributed by atoms with van der Waals surface area (Å²) in [6.45, 7) is 5.01. The van der Waals surface area contributed by atoms with E-state index >= 15 is 0 Å². The summed E-state index contributed by atoms with van der Waals surface area (Å²) < 4.78 is 5.35. The maximum atomic E-state index is 12.7. The Morgan fingerprint density at radius 3 is 2.71 bits per heavy atom. The highest BCUT2D eigenvalue weighted by Gasteiger charge is 2.23. The topological polar surface area (TPSA) is 48.9 Å². The average Bonchev–Trinajstić information content (AvgIpc) is 2.77. The Morgan fingerprint density at radius 2 is 1.96 bits per heavy atom. The molecule has 2 aliphatic heterocycles. The second-order valence-corrected chi connectivity index (χ2v) is 7.39. The molecular weight excluding hydrogens is 352 g/mol. The maximum absolute atomic E-state index is 12.7. The largest absolute Gasteiger partial charge is 0.497 e. The zero-order valence-electron chi connectivity index (χ0n) is 16.5. The van der Waals surface area contributed by atoms with E-state index in [1.54, 1.807) is 7.11 Å². The number of pyridine rings is 1. The van der Waals surface area contributed by atoms with Crippen LogP contribution in [-0.4, -0.2) is 62.2 Å². The first-order chi connectivity index (χ1) is 13.7. The molecule has 2 aromatic rings. The van der Waals surface area contributed by atoms with Crippen molar-refractivity contribution in [3.05, 3.63) is 48.2 Å². The number of aryl methyl sites for hydroxylation is 1. The van der Waals surface area contributed by atoms with Crippen molar-refractivity contribution in [2.24, 2.45) is 0 Å². The van der Waals surface area contributed by atoms with Crippen molar-refractivity contribution in [1.82, 2.24) is 9.88 Å². The van der Waals surface area contributed by atoms with E-state index in [0.717, 1.165) is 63.7 Å². The summed E-state index contributed by atoms with van der Waals surface area (Å²) in [6.07, 6.45) is 4.58. The first-order valence-corrected chi connectivity index (χ1v) is 10.1. The van der Waals surface area contributed by atoms with E-state index in [1.165, 1.54) is 11.3 Å². The van der Waals surface area contributed by atoms with Crippen LogP contribution < -0.4 is 14.5 Å². The molecule has 3 heterocycles. The number of ether oxygens (including phenoxy) is 1. The summed E-state index contributed by atoms with van der Waals surface area (Å²) in [5.74, 6) is 2.15. The van der Waals surface area contributed by atoms with Crippen molar-refractivity contribution in [3.63, 3.8) is 0 Å². The highest BCUT2D eigenvalue weighted by atomic mass is 16.5. The number of amides is 1. The lowest BCUT2D eigenvalue weighted by atomic mass is 10.0. The van der Waals surface area contributed by atoms with Gasteiger partial charge in [-0.15, -0.1) is 0 Å².